The zero-order valence-corrected chi connectivity index (χ0v) is 14.0. The van der Waals surface area contributed by atoms with Crippen LogP contribution in [0.3, 0.4) is 0 Å². The molecule has 1 heterocycles. The Morgan fingerprint density at radius 1 is 1.14 bits per heavy atom. The molecule has 114 valence electrons. The van der Waals surface area contributed by atoms with Gasteiger partial charge in [-0.2, -0.15) is 5.10 Å². The average Bonchev–Trinajstić information content (AvgIpc) is 2.60. The summed E-state index contributed by atoms with van der Waals surface area (Å²) in [6, 6.07) is 1.24. The van der Waals surface area contributed by atoms with Crippen LogP contribution in [0.1, 0.15) is 26.5 Å². The third-order valence-electron chi connectivity index (χ3n) is 2.84. The molecule has 2 N–H and O–H groups in total. The summed E-state index contributed by atoms with van der Waals surface area (Å²) in [5.41, 5.74) is 6.39. The Labute approximate surface area is 134 Å². The van der Waals surface area contributed by atoms with E-state index in [0.717, 1.165) is 10.7 Å². The molecule has 0 aliphatic carbocycles. The summed E-state index contributed by atoms with van der Waals surface area (Å²) in [5.74, 6) is -3.10. The van der Waals surface area contributed by atoms with Crippen molar-refractivity contribution in [2.45, 2.75) is 27.2 Å². The summed E-state index contributed by atoms with van der Waals surface area (Å²) < 4.78 is 42.0. The van der Waals surface area contributed by atoms with E-state index >= 15 is 0 Å². The Balaban J connectivity index is 2.56. The monoisotopic (exact) mass is 409 g/mol. The highest BCUT2D eigenvalue weighted by atomic mass is 127. The molecular weight excluding hydrogens is 394 g/mol. The summed E-state index contributed by atoms with van der Waals surface area (Å²) in [5, 5.41) is 4.25. The van der Waals surface area contributed by atoms with E-state index in [2.05, 4.69) is 5.10 Å². The topological polar surface area (TPSA) is 43.8 Å². The molecule has 2 rings (SSSR count). The van der Waals surface area contributed by atoms with Crippen molar-refractivity contribution >= 4 is 28.4 Å². The number of halogens is 4. The highest BCUT2D eigenvalue weighted by Gasteiger charge is 2.22. The molecule has 0 amide bonds. The van der Waals surface area contributed by atoms with Gasteiger partial charge in [-0.3, -0.25) is 0 Å². The van der Waals surface area contributed by atoms with Crippen molar-refractivity contribution in [2.75, 3.05) is 5.73 Å². The van der Waals surface area contributed by atoms with E-state index in [1.165, 1.54) is 0 Å². The van der Waals surface area contributed by atoms with Crippen LogP contribution in [0.2, 0.25) is 0 Å². The molecule has 1 aromatic heterocycles. The van der Waals surface area contributed by atoms with E-state index in [-0.39, 0.29) is 16.9 Å². The van der Waals surface area contributed by atoms with Crippen LogP contribution in [0.5, 0.6) is 0 Å². The fourth-order valence-corrected chi connectivity index (χ4v) is 2.46. The zero-order valence-electron chi connectivity index (χ0n) is 11.8. The fourth-order valence-electron chi connectivity index (χ4n) is 1.93. The SMILES string of the molecule is CC(C)(C)Cc1nn(-c2cc(F)c(F)cc2F)c(N)c1I. The second-order valence-corrected chi connectivity index (χ2v) is 7.09. The summed E-state index contributed by atoms with van der Waals surface area (Å²) in [7, 11) is 0. The Hall–Kier alpha value is -1.25. The highest BCUT2D eigenvalue weighted by molar-refractivity contribution is 14.1. The number of rotatable bonds is 2. The van der Waals surface area contributed by atoms with E-state index in [9.17, 15) is 13.2 Å². The first-order valence-corrected chi connectivity index (χ1v) is 7.36. The quantitative estimate of drug-likeness (QED) is 0.601. The lowest BCUT2D eigenvalue weighted by atomic mass is 9.91. The van der Waals surface area contributed by atoms with E-state index < -0.39 is 17.5 Å². The standard InChI is InChI=1S/C14H15F3IN3/c1-14(2,3)6-10-12(18)13(19)21(20-10)11-5-8(16)7(15)4-9(11)17/h4-5H,6,19H2,1-3H3. The summed E-state index contributed by atoms with van der Waals surface area (Å²) >= 11 is 2.02. The Morgan fingerprint density at radius 2 is 1.71 bits per heavy atom. The van der Waals surface area contributed by atoms with Crippen molar-refractivity contribution in [2.24, 2.45) is 5.41 Å². The predicted octanol–water partition coefficient (Wildman–Crippen LogP) is 4.07. The second kappa shape index (κ2) is 5.51. The lowest BCUT2D eigenvalue weighted by Gasteiger charge is -2.16. The number of anilines is 1. The van der Waals surface area contributed by atoms with Crippen molar-refractivity contribution in [1.29, 1.82) is 0 Å². The third kappa shape index (κ3) is 3.33. The van der Waals surface area contributed by atoms with E-state index in [1.54, 1.807) is 0 Å². The van der Waals surface area contributed by atoms with Gasteiger partial charge >= 0.3 is 0 Å². The van der Waals surface area contributed by atoms with Crippen LogP contribution < -0.4 is 5.73 Å². The Bertz CT molecular complexity index is 690. The Morgan fingerprint density at radius 3 is 2.29 bits per heavy atom. The Kier molecular flexibility index (Phi) is 4.23. The number of nitrogens with zero attached hydrogens (tertiary/aromatic N) is 2. The largest absolute Gasteiger partial charge is 0.383 e. The van der Waals surface area contributed by atoms with Gasteiger partial charge in [-0.05, 0) is 34.4 Å². The van der Waals surface area contributed by atoms with Gasteiger partial charge in [0.2, 0.25) is 0 Å². The first-order chi connectivity index (χ1) is 9.60. The van der Waals surface area contributed by atoms with Crippen molar-refractivity contribution in [3.8, 4) is 5.69 Å². The third-order valence-corrected chi connectivity index (χ3v) is 4.02. The lowest BCUT2D eigenvalue weighted by molar-refractivity contribution is 0.404. The van der Waals surface area contributed by atoms with Crippen molar-refractivity contribution < 1.29 is 13.2 Å². The van der Waals surface area contributed by atoms with Crippen LogP contribution in [0.25, 0.3) is 5.69 Å². The number of aromatic nitrogens is 2. The molecule has 0 spiro atoms. The van der Waals surface area contributed by atoms with Gasteiger partial charge in [0, 0.05) is 12.1 Å². The molecule has 0 saturated heterocycles. The predicted molar refractivity (Wildman–Crippen MR) is 83.7 cm³/mol. The molecule has 0 unspecified atom stereocenters. The van der Waals surface area contributed by atoms with E-state index in [4.69, 9.17) is 5.73 Å². The van der Waals surface area contributed by atoms with Crippen molar-refractivity contribution in [3.63, 3.8) is 0 Å². The van der Waals surface area contributed by atoms with Crippen LogP contribution in [-0.2, 0) is 6.42 Å². The van der Waals surface area contributed by atoms with Gasteiger partial charge < -0.3 is 5.73 Å². The maximum absolute atomic E-state index is 13.8. The molecule has 2 aromatic rings. The van der Waals surface area contributed by atoms with Gasteiger partial charge in [0.1, 0.15) is 11.5 Å². The molecule has 3 nitrogen and oxygen atoms in total. The van der Waals surface area contributed by atoms with Gasteiger partial charge in [0.25, 0.3) is 0 Å². The minimum atomic E-state index is -1.24. The van der Waals surface area contributed by atoms with Crippen LogP contribution >= 0.6 is 22.6 Å². The number of nitrogens with two attached hydrogens (primary N) is 1. The van der Waals surface area contributed by atoms with Crippen LogP contribution in [0.4, 0.5) is 19.0 Å². The second-order valence-electron chi connectivity index (χ2n) is 6.01. The van der Waals surface area contributed by atoms with Gasteiger partial charge in [-0.25, -0.2) is 17.9 Å². The van der Waals surface area contributed by atoms with Gasteiger partial charge in [0.15, 0.2) is 17.5 Å². The maximum Gasteiger partial charge on any atom is 0.161 e. The molecule has 0 aliphatic heterocycles. The van der Waals surface area contributed by atoms with Gasteiger partial charge in [-0.1, -0.05) is 20.8 Å². The normalized spacial score (nSPS) is 12.0. The number of hydrogen-bond donors (Lipinski definition) is 1. The van der Waals surface area contributed by atoms with Crippen LogP contribution in [-0.4, -0.2) is 9.78 Å². The molecule has 0 bridgehead atoms. The van der Waals surface area contributed by atoms with Crippen molar-refractivity contribution in [3.05, 3.63) is 38.8 Å². The molecule has 21 heavy (non-hydrogen) atoms. The maximum atomic E-state index is 13.8. The molecule has 1 aromatic carbocycles. The fraction of sp³-hybridized carbons (Fsp3) is 0.357. The zero-order chi connectivity index (χ0) is 15.9. The molecule has 7 heteroatoms. The molecule has 0 saturated carbocycles. The molecule has 0 aliphatic rings. The minimum Gasteiger partial charge on any atom is -0.383 e. The number of benzene rings is 1. The average molecular weight is 409 g/mol. The minimum absolute atomic E-state index is 0.0296. The molecule has 0 radical (unpaired) electrons. The summed E-state index contributed by atoms with van der Waals surface area (Å²) in [6.07, 6.45) is 0.633. The first kappa shape index (κ1) is 16.1. The van der Waals surface area contributed by atoms with Crippen LogP contribution in [0.15, 0.2) is 12.1 Å². The number of hydrogen-bond acceptors (Lipinski definition) is 2. The summed E-state index contributed by atoms with van der Waals surface area (Å²) in [6.45, 7) is 6.11. The molecule has 0 atom stereocenters. The highest BCUT2D eigenvalue weighted by Crippen LogP contribution is 2.29. The smallest absolute Gasteiger partial charge is 0.161 e. The van der Waals surface area contributed by atoms with E-state index in [1.807, 2.05) is 43.4 Å². The van der Waals surface area contributed by atoms with E-state index in [0.29, 0.717) is 21.8 Å². The van der Waals surface area contributed by atoms with Crippen LogP contribution in [0, 0.1) is 26.4 Å². The molecular formula is C14H15F3IN3. The number of nitrogen functional groups attached to an aromatic ring is 1. The first-order valence-electron chi connectivity index (χ1n) is 6.28. The van der Waals surface area contributed by atoms with Gasteiger partial charge in [-0.15, -0.1) is 0 Å². The van der Waals surface area contributed by atoms with Crippen molar-refractivity contribution in [1.82, 2.24) is 9.78 Å². The molecule has 0 fully saturated rings. The lowest BCUT2D eigenvalue weighted by Crippen LogP contribution is -2.11. The van der Waals surface area contributed by atoms with Gasteiger partial charge in [0.05, 0.1) is 9.26 Å². The summed E-state index contributed by atoms with van der Waals surface area (Å²) in [4.78, 5) is 0.